The molecule has 2 rings (SSSR count). The number of nitriles is 1. The molecule has 2 heteroatoms. The number of hydrogen-bond donors (Lipinski definition) is 1. The van der Waals surface area contributed by atoms with Crippen LogP contribution in [0.3, 0.4) is 0 Å². The average Bonchev–Trinajstić information content (AvgIpc) is 1.82. The molecule has 9 heavy (non-hydrogen) atoms. The molecule has 1 aliphatic carbocycles. The molecule has 2 atom stereocenters. The average molecular weight is 118 g/mol. The van der Waals surface area contributed by atoms with Gasteiger partial charge in [-0.2, -0.15) is 5.26 Å². The second-order valence-electron chi connectivity index (χ2n) is 2.31. The zero-order valence-corrected chi connectivity index (χ0v) is 4.83. The van der Waals surface area contributed by atoms with Crippen LogP contribution in [0, 0.1) is 17.2 Å². The molecule has 0 aromatic rings. The summed E-state index contributed by atoms with van der Waals surface area (Å²) in [5, 5.41) is 11.4. The van der Waals surface area contributed by atoms with E-state index in [0.717, 1.165) is 5.70 Å². The van der Waals surface area contributed by atoms with Crippen molar-refractivity contribution in [3.8, 4) is 6.07 Å². The lowest BCUT2D eigenvalue weighted by Gasteiger charge is -2.43. The van der Waals surface area contributed by atoms with E-state index in [4.69, 9.17) is 5.26 Å². The molecule has 2 aliphatic rings. The summed E-state index contributed by atoms with van der Waals surface area (Å²) < 4.78 is 0. The summed E-state index contributed by atoms with van der Waals surface area (Å²) in [7, 11) is 0. The van der Waals surface area contributed by atoms with Gasteiger partial charge in [-0.3, -0.25) is 0 Å². The summed E-state index contributed by atoms with van der Waals surface area (Å²) >= 11 is 0. The second kappa shape index (κ2) is 1.38. The van der Waals surface area contributed by atoms with Crippen molar-refractivity contribution in [2.75, 3.05) is 0 Å². The van der Waals surface area contributed by atoms with Gasteiger partial charge >= 0.3 is 0 Å². The Morgan fingerprint density at radius 2 is 2.56 bits per heavy atom. The Kier molecular flexibility index (Phi) is 0.711. The largest absolute Gasteiger partial charge is 0.380 e. The van der Waals surface area contributed by atoms with Gasteiger partial charge < -0.3 is 5.32 Å². The zero-order valence-electron chi connectivity index (χ0n) is 4.83. The van der Waals surface area contributed by atoms with Crippen LogP contribution in [0.4, 0.5) is 0 Å². The molecule has 0 aromatic carbocycles. The molecular formula is C7H6N2. The second-order valence-corrected chi connectivity index (χ2v) is 2.31. The third-order valence-corrected chi connectivity index (χ3v) is 1.83. The minimum absolute atomic E-state index is 0.546. The van der Waals surface area contributed by atoms with Crippen LogP contribution >= 0.6 is 0 Å². The van der Waals surface area contributed by atoms with Crippen LogP contribution in [0.15, 0.2) is 23.9 Å². The van der Waals surface area contributed by atoms with E-state index in [-0.39, 0.29) is 0 Å². The highest BCUT2D eigenvalue weighted by atomic mass is 15.0. The van der Waals surface area contributed by atoms with E-state index in [2.05, 4.69) is 17.5 Å². The number of rotatable bonds is 0. The Bertz CT molecular complexity index is 232. The van der Waals surface area contributed by atoms with Crippen LogP contribution in [0.25, 0.3) is 0 Å². The molecule has 1 fully saturated rings. The number of allylic oxidation sites excluding steroid dienone is 1. The van der Waals surface area contributed by atoms with E-state index in [1.54, 1.807) is 6.08 Å². The topological polar surface area (TPSA) is 35.8 Å². The van der Waals surface area contributed by atoms with Gasteiger partial charge in [-0.05, 0) is 0 Å². The Labute approximate surface area is 53.5 Å². The highest BCUT2D eigenvalue weighted by molar-refractivity contribution is 5.38. The van der Waals surface area contributed by atoms with Gasteiger partial charge in [0.25, 0.3) is 0 Å². The van der Waals surface area contributed by atoms with Crippen LogP contribution in [-0.4, -0.2) is 6.04 Å². The first kappa shape index (κ1) is 4.63. The number of nitrogens with zero attached hydrogens (tertiary/aromatic N) is 1. The fourth-order valence-electron chi connectivity index (χ4n) is 1.17. The van der Waals surface area contributed by atoms with Crippen LogP contribution in [0.5, 0.6) is 0 Å². The molecule has 1 heterocycles. The zero-order chi connectivity index (χ0) is 6.27. The molecule has 0 saturated carbocycles. The summed E-state index contributed by atoms with van der Waals surface area (Å²) in [5.41, 5.74) is 1.07. The summed E-state index contributed by atoms with van der Waals surface area (Å²) in [4.78, 5) is 0. The van der Waals surface area contributed by atoms with Gasteiger partial charge in [0.15, 0.2) is 0 Å². The van der Waals surface area contributed by atoms with Gasteiger partial charge in [-0.15, -0.1) is 0 Å². The first-order valence-corrected chi connectivity index (χ1v) is 2.96. The third-order valence-electron chi connectivity index (χ3n) is 1.83. The summed E-state index contributed by atoms with van der Waals surface area (Å²) in [5.74, 6) is 0.546. The molecule has 1 N–H and O–H groups in total. The fourth-order valence-corrected chi connectivity index (χ4v) is 1.17. The van der Waals surface area contributed by atoms with E-state index in [1.165, 1.54) is 0 Å². The lowest BCUT2D eigenvalue weighted by molar-refractivity contribution is 0.384. The molecule has 0 spiro atoms. The number of hydrogen-bond acceptors (Lipinski definition) is 2. The number of nitrogens with one attached hydrogen (secondary N) is 1. The molecule has 0 amide bonds. The Morgan fingerprint density at radius 3 is 2.89 bits per heavy atom. The first-order valence-electron chi connectivity index (χ1n) is 2.96. The maximum atomic E-state index is 8.24. The van der Waals surface area contributed by atoms with E-state index < -0.39 is 0 Å². The van der Waals surface area contributed by atoms with E-state index in [0.29, 0.717) is 12.0 Å². The van der Waals surface area contributed by atoms with Gasteiger partial charge in [0, 0.05) is 17.7 Å². The summed E-state index contributed by atoms with van der Waals surface area (Å²) in [6.45, 7) is 0. The summed E-state index contributed by atoms with van der Waals surface area (Å²) in [6.07, 6.45) is 5.80. The Hall–Kier alpha value is -1.23. The molecule has 2 unspecified atom stereocenters. The van der Waals surface area contributed by atoms with Gasteiger partial charge in [-0.25, -0.2) is 0 Å². The molecule has 44 valence electrons. The van der Waals surface area contributed by atoms with Crippen molar-refractivity contribution in [2.24, 2.45) is 5.92 Å². The van der Waals surface area contributed by atoms with Crippen LogP contribution < -0.4 is 5.32 Å². The van der Waals surface area contributed by atoms with Crippen LogP contribution in [0.2, 0.25) is 0 Å². The lowest BCUT2D eigenvalue weighted by atomic mass is 9.78. The quantitative estimate of drug-likeness (QED) is 0.372. The molecule has 0 bridgehead atoms. The Morgan fingerprint density at radius 1 is 1.67 bits per heavy atom. The van der Waals surface area contributed by atoms with Crippen molar-refractivity contribution in [3.05, 3.63) is 23.9 Å². The van der Waals surface area contributed by atoms with Crippen molar-refractivity contribution < 1.29 is 0 Å². The normalized spacial score (nSPS) is 39.7. The van der Waals surface area contributed by atoms with Gasteiger partial charge in [-0.1, -0.05) is 12.2 Å². The molecule has 1 aliphatic heterocycles. The van der Waals surface area contributed by atoms with Gasteiger partial charge in [0.05, 0.1) is 12.1 Å². The van der Waals surface area contributed by atoms with E-state index in [1.807, 2.05) is 6.07 Å². The van der Waals surface area contributed by atoms with Crippen molar-refractivity contribution in [1.29, 1.82) is 5.26 Å². The van der Waals surface area contributed by atoms with Crippen molar-refractivity contribution in [3.63, 3.8) is 0 Å². The molecular weight excluding hydrogens is 112 g/mol. The minimum Gasteiger partial charge on any atom is -0.380 e. The number of fused-ring (bicyclic) bond motifs is 1. The third kappa shape index (κ3) is 0.437. The SMILES string of the molecule is N#C/C=C1/NC2C=CC12. The van der Waals surface area contributed by atoms with E-state index in [9.17, 15) is 0 Å². The maximum absolute atomic E-state index is 8.24. The monoisotopic (exact) mass is 118 g/mol. The molecule has 1 saturated heterocycles. The van der Waals surface area contributed by atoms with Crippen molar-refractivity contribution in [1.82, 2.24) is 5.32 Å². The first-order chi connectivity index (χ1) is 4.42. The molecule has 0 radical (unpaired) electrons. The van der Waals surface area contributed by atoms with Gasteiger partial charge in [0.2, 0.25) is 0 Å². The van der Waals surface area contributed by atoms with Crippen LogP contribution in [-0.2, 0) is 0 Å². The fraction of sp³-hybridized carbons (Fsp3) is 0.286. The van der Waals surface area contributed by atoms with Crippen LogP contribution in [0.1, 0.15) is 0 Å². The molecule has 0 aromatic heterocycles. The summed E-state index contributed by atoms with van der Waals surface area (Å²) in [6, 6.07) is 2.54. The standard InChI is InChI=1S/C7H6N2/c8-4-3-7-5-1-2-6(5)9-7/h1-3,5-6,9H/b7-3+. The van der Waals surface area contributed by atoms with E-state index >= 15 is 0 Å². The minimum atomic E-state index is 0.546. The maximum Gasteiger partial charge on any atom is 0.0930 e. The van der Waals surface area contributed by atoms with Crippen molar-refractivity contribution in [2.45, 2.75) is 6.04 Å². The highest BCUT2D eigenvalue weighted by Gasteiger charge is 2.36. The highest BCUT2D eigenvalue weighted by Crippen LogP contribution is 2.33. The molecule has 2 nitrogen and oxygen atoms in total. The lowest BCUT2D eigenvalue weighted by Crippen LogP contribution is -2.53. The Balaban J connectivity index is 2.16. The predicted octanol–water partition coefficient (Wildman–Crippen LogP) is 0.552. The van der Waals surface area contributed by atoms with Gasteiger partial charge in [0.1, 0.15) is 0 Å². The smallest absolute Gasteiger partial charge is 0.0930 e. The predicted molar refractivity (Wildman–Crippen MR) is 33.2 cm³/mol. The van der Waals surface area contributed by atoms with Crippen molar-refractivity contribution >= 4 is 0 Å².